The minimum Gasteiger partial charge on any atom is -0.400 e. The van der Waals surface area contributed by atoms with Gasteiger partial charge in [-0.3, -0.25) is 0 Å². The van der Waals surface area contributed by atoms with Crippen LogP contribution in [0, 0.1) is 0 Å². The molecule has 22 heavy (non-hydrogen) atoms. The highest BCUT2D eigenvalue weighted by Crippen LogP contribution is 2.39. The molecule has 1 heterocycles. The molecule has 3 nitrogen and oxygen atoms in total. The number of hydrogen-bond acceptors (Lipinski definition) is 4. The average Bonchev–Trinajstić information content (AvgIpc) is 2.60. The fourth-order valence-electron chi connectivity index (χ4n) is 2.11. The van der Waals surface area contributed by atoms with Crippen molar-refractivity contribution < 1.29 is 9.31 Å². The normalized spacial score (nSPS) is 20.5. The van der Waals surface area contributed by atoms with Gasteiger partial charge in [0.15, 0.2) is 0 Å². The number of nitrogen functional groups attached to an aromatic ring is 1. The van der Waals surface area contributed by atoms with Gasteiger partial charge < -0.3 is 15.0 Å². The molecule has 2 N–H and O–H groups in total. The van der Waals surface area contributed by atoms with Crippen LogP contribution < -0.4 is 5.73 Å². The molecule has 0 aliphatic carbocycles. The van der Waals surface area contributed by atoms with E-state index in [-0.39, 0.29) is 0 Å². The first kappa shape index (κ1) is 18.0. The van der Waals surface area contributed by atoms with E-state index in [9.17, 15) is 0 Å². The first-order valence-corrected chi connectivity index (χ1v) is 8.38. The highest BCUT2D eigenvalue weighted by Gasteiger charge is 2.52. The summed E-state index contributed by atoms with van der Waals surface area (Å²) in [6.45, 7) is 8.03. The second kappa shape index (κ2) is 6.29. The van der Waals surface area contributed by atoms with Crippen LogP contribution in [0.25, 0.3) is 6.08 Å². The summed E-state index contributed by atoms with van der Waals surface area (Å²) in [5.41, 5.74) is 7.28. The molecule has 1 fully saturated rings. The smallest absolute Gasteiger partial charge is 0.400 e. The molecule has 0 saturated carbocycles. The summed E-state index contributed by atoms with van der Waals surface area (Å²) >= 11 is 16.5. The fourth-order valence-corrected chi connectivity index (χ4v) is 2.86. The Hall–Kier alpha value is -0.325. The lowest BCUT2D eigenvalue weighted by Crippen LogP contribution is -2.41. The van der Waals surface area contributed by atoms with Gasteiger partial charge in [0.05, 0.1) is 21.9 Å². The standard InChI is InChI=1S/C15H20BCl2NO2S/c1-14(2)15(3,4)21-16(20-14)10(8-22)5-9-6-11(17)7-12(18)13(9)19/h5-7,22H,8,19H2,1-4H3. The van der Waals surface area contributed by atoms with Crippen molar-refractivity contribution in [3.8, 4) is 0 Å². The molecule has 1 saturated heterocycles. The van der Waals surface area contributed by atoms with Crippen molar-refractivity contribution in [2.45, 2.75) is 38.9 Å². The van der Waals surface area contributed by atoms with Gasteiger partial charge in [0.2, 0.25) is 0 Å². The Morgan fingerprint density at radius 3 is 2.27 bits per heavy atom. The monoisotopic (exact) mass is 359 g/mol. The van der Waals surface area contributed by atoms with E-state index in [2.05, 4.69) is 12.6 Å². The van der Waals surface area contributed by atoms with Crippen LogP contribution in [-0.2, 0) is 9.31 Å². The maximum Gasteiger partial charge on any atom is 0.491 e. The molecule has 0 unspecified atom stereocenters. The number of anilines is 1. The van der Waals surface area contributed by atoms with E-state index in [0.717, 1.165) is 11.0 Å². The van der Waals surface area contributed by atoms with Crippen LogP contribution in [0.1, 0.15) is 33.3 Å². The van der Waals surface area contributed by atoms with Gasteiger partial charge in [-0.1, -0.05) is 29.3 Å². The number of thiol groups is 1. The maximum atomic E-state index is 6.08. The molecule has 1 aromatic rings. The lowest BCUT2D eigenvalue weighted by molar-refractivity contribution is 0.00578. The van der Waals surface area contributed by atoms with Crippen molar-refractivity contribution in [1.82, 2.24) is 0 Å². The van der Waals surface area contributed by atoms with Crippen LogP contribution in [0.2, 0.25) is 10.0 Å². The van der Waals surface area contributed by atoms with Gasteiger partial charge in [0.25, 0.3) is 0 Å². The van der Waals surface area contributed by atoms with Gasteiger partial charge in [-0.2, -0.15) is 12.6 Å². The van der Waals surface area contributed by atoms with Crippen LogP contribution in [0.3, 0.4) is 0 Å². The lowest BCUT2D eigenvalue weighted by atomic mass is 9.78. The Balaban J connectivity index is 2.38. The van der Waals surface area contributed by atoms with Crippen molar-refractivity contribution in [3.05, 3.63) is 33.2 Å². The largest absolute Gasteiger partial charge is 0.491 e. The number of hydrogen-bond donors (Lipinski definition) is 2. The summed E-state index contributed by atoms with van der Waals surface area (Å²) in [5, 5.41) is 0.948. The quantitative estimate of drug-likeness (QED) is 0.473. The highest BCUT2D eigenvalue weighted by atomic mass is 35.5. The zero-order valence-corrected chi connectivity index (χ0v) is 15.5. The number of rotatable bonds is 3. The summed E-state index contributed by atoms with van der Waals surface area (Å²) in [6.07, 6.45) is 1.88. The molecule has 1 aromatic carbocycles. The van der Waals surface area contributed by atoms with E-state index < -0.39 is 18.3 Å². The van der Waals surface area contributed by atoms with Crippen molar-refractivity contribution in [1.29, 1.82) is 0 Å². The summed E-state index contributed by atoms with van der Waals surface area (Å²) in [5.74, 6) is 0.473. The van der Waals surface area contributed by atoms with E-state index in [1.807, 2.05) is 33.8 Å². The second-order valence-electron chi connectivity index (χ2n) is 6.36. The van der Waals surface area contributed by atoms with E-state index in [0.29, 0.717) is 21.5 Å². The first-order valence-electron chi connectivity index (χ1n) is 6.99. The van der Waals surface area contributed by atoms with Crippen LogP contribution in [-0.4, -0.2) is 24.1 Å². The van der Waals surface area contributed by atoms with Crippen LogP contribution in [0.5, 0.6) is 0 Å². The third kappa shape index (κ3) is 3.44. The predicted molar refractivity (Wildman–Crippen MR) is 98.8 cm³/mol. The second-order valence-corrected chi connectivity index (χ2v) is 7.52. The molecule has 0 aromatic heterocycles. The van der Waals surface area contributed by atoms with Crippen molar-refractivity contribution >= 4 is 54.7 Å². The van der Waals surface area contributed by atoms with Gasteiger partial charge in [0.1, 0.15) is 0 Å². The molecule has 0 radical (unpaired) electrons. The topological polar surface area (TPSA) is 44.5 Å². The van der Waals surface area contributed by atoms with E-state index in [1.54, 1.807) is 12.1 Å². The third-order valence-corrected chi connectivity index (χ3v) is 5.10. The highest BCUT2D eigenvalue weighted by molar-refractivity contribution is 7.80. The fraction of sp³-hybridized carbons (Fsp3) is 0.467. The molecular formula is C15H20BCl2NO2S. The van der Waals surface area contributed by atoms with Crippen LogP contribution in [0.4, 0.5) is 5.69 Å². The molecule has 120 valence electrons. The zero-order chi connectivity index (χ0) is 16.7. The molecule has 1 aliphatic rings. The van der Waals surface area contributed by atoms with Crippen molar-refractivity contribution in [2.24, 2.45) is 0 Å². The molecule has 0 spiro atoms. The number of benzene rings is 1. The molecule has 0 bridgehead atoms. The van der Waals surface area contributed by atoms with Gasteiger partial charge in [0, 0.05) is 10.8 Å². The van der Waals surface area contributed by atoms with Crippen LogP contribution >= 0.6 is 35.8 Å². The lowest BCUT2D eigenvalue weighted by Gasteiger charge is -2.32. The molecule has 0 atom stereocenters. The molecular weight excluding hydrogens is 340 g/mol. The van der Waals surface area contributed by atoms with Gasteiger partial charge in [-0.25, -0.2) is 0 Å². The molecule has 7 heteroatoms. The third-order valence-electron chi connectivity index (χ3n) is 4.21. The summed E-state index contributed by atoms with van der Waals surface area (Å²) in [4.78, 5) is 0. The number of halogens is 2. The summed E-state index contributed by atoms with van der Waals surface area (Å²) in [6, 6.07) is 3.38. The van der Waals surface area contributed by atoms with E-state index in [4.69, 9.17) is 38.2 Å². The Morgan fingerprint density at radius 2 is 1.77 bits per heavy atom. The Labute approximate surface area is 147 Å². The molecule has 0 amide bonds. The maximum absolute atomic E-state index is 6.08. The minimum atomic E-state index is -0.473. The van der Waals surface area contributed by atoms with Gasteiger partial charge in [-0.05, 0) is 50.9 Å². The Morgan fingerprint density at radius 1 is 1.23 bits per heavy atom. The Kier molecular flexibility index (Phi) is 5.15. The van der Waals surface area contributed by atoms with Crippen molar-refractivity contribution in [3.63, 3.8) is 0 Å². The first-order chi connectivity index (χ1) is 10.1. The molecule has 2 rings (SSSR count). The van der Waals surface area contributed by atoms with E-state index >= 15 is 0 Å². The van der Waals surface area contributed by atoms with E-state index in [1.165, 1.54) is 0 Å². The Bertz CT molecular complexity index is 604. The molecule has 1 aliphatic heterocycles. The summed E-state index contributed by atoms with van der Waals surface area (Å²) in [7, 11) is -0.473. The SMILES string of the molecule is CC1(C)OB(C(=Cc2cc(Cl)cc(Cl)c2N)CS)OC1(C)C. The van der Waals surface area contributed by atoms with Gasteiger partial charge >= 0.3 is 7.12 Å². The van der Waals surface area contributed by atoms with Crippen molar-refractivity contribution in [2.75, 3.05) is 11.5 Å². The summed E-state index contributed by atoms with van der Waals surface area (Å²) < 4.78 is 12.1. The predicted octanol–water partition coefficient (Wildman–Crippen LogP) is 4.52. The zero-order valence-electron chi connectivity index (χ0n) is 13.1. The number of nitrogens with two attached hydrogens (primary N) is 1. The van der Waals surface area contributed by atoms with Gasteiger partial charge in [-0.15, -0.1) is 0 Å². The minimum absolute atomic E-state index is 0.406. The van der Waals surface area contributed by atoms with Crippen LogP contribution in [0.15, 0.2) is 17.6 Å². The average molecular weight is 360 g/mol.